The Morgan fingerprint density at radius 1 is 1.00 bits per heavy atom. The fraction of sp³-hybridized carbons (Fsp3) is 0.250. The molecule has 2 aromatic carbocycles. The van der Waals surface area contributed by atoms with Crippen LogP contribution in [0.3, 0.4) is 0 Å². The van der Waals surface area contributed by atoms with Crippen molar-refractivity contribution in [3.05, 3.63) is 51.5 Å². The fourth-order valence-electron chi connectivity index (χ4n) is 1.99. The summed E-state index contributed by atoms with van der Waals surface area (Å²) >= 11 is 11.7. The van der Waals surface area contributed by atoms with Crippen molar-refractivity contribution in [1.82, 2.24) is 0 Å². The Morgan fingerprint density at radius 2 is 1.64 bits per heavy atom. The summed E-state index contributed by atoms with van der Waals surface area (Å²) in [5.41, 5.74) is -0.256. The van der Waals surface area contributed by atoms with Gasteiger partial charge < -0.3 is 9.47 Å². The molecule has 0 N–H and O–H groups in total. The van der Waals surface area contributed by atoms with E-state index in [2.05, 4.69) is 10.2 Å². The first-order valence-electron chi connectivity index (χ1n) is 6.91. The highest BCUT2D eigenvalue weighted by molar-refractivity contribution is 6.38. The van der Waals surface area contributed by atoms with E-state index in [4.69, 9.17) is 32.7 Å². The molecule has 0 atom stereocenters. The van der Waals surface area contributed by atoms with Crippen LogP contribution in [-0.4, -0.2) is 14.2 Å². The molecular formula is C16H13Cl2F3N2O2. The summed E-state index contributed by atoms with van der Waals surface area (Å²) in [5, 5.41) is 7.33. The number of benzene rings is 2. The van der Waals surface area contributed by atoms with E-state index in [-0.39, 0.29) is 22.3 Å². The molecule has 9 heteroatoms. The van der Waals surface area contributed by atoms with Crippen molar-refractivity contribution in [2.45, 2.75) is 12.7 Å². The standard InChI is InChI=1S/C16H13Cl2F3N2O2/c1-24-11-4-3-9(14(7-11)25-2)8-22-23-15-12(17)5-10(6-13(15)18)16(19,20)21/h3-7H,8H2,1-2H3. The predicted octanol–water partition coefficient (Wildman–Crippen LogP) is 6.31. The summed E-state index contributed by atoms with van der Waals surface area (Å²) in [4.78, 5) is 0. The Kier molecular flexibility index (Phi) is 6.13. The second-order valence-electron chi connectivity index (χ2n) is 4.86. The van der Waals surface area contributed by atoms with Gasteiger partial charge in [0.15, 0.2) is 0 Å². The molecular weight excluding hydrogens is 380 g/mol. The topological polar surface area (TPSA) is 43.2 Å². The first-order valence-corrected chi connectivity index (χ1v) is 7.66. The van der Waals surface area contributed by atoms with Gasteiger partial charge in [-0.15, -0.1) is 0 Å². The van der Waals surface area contributed by atoms with Gasteiger partial charge in [-0.1, -0.05) is 23.2 Å². The van der Waals surface area contributed by atoms with E-state index in [0.717, 1.165) is 12.1 Å². The van der Waals surface area contributed by atoms with Crippen molar-refractivity contribution in [1.29, 1.82) is 0 Å². The summed E-state index contributed by atoms with van der Waals surface area (Å²) in [6, 6.07) is 6.67. The Labute approximate surface area is 152 Å². The summed E-state index contributed by atoms with van der Waals surface area (Å²) in [5.74, 6) is 1.16. The molecule has 0 aliphatic carbocycles. The van der Waals surface area contributed by atoms with Crippen LogP contribution in [0.25, 0.3) is 0 Å². The molecule has 2 aromatic rings. The minimum Gasteiger partial charge on any atom is -0.497 e. The van der Waals surface area contributed by atoms with Crippen LogP contribution in [0.15, 0.2) is 40.6 Å². The smallest absolute Gasteiger partial charge is 0.416 e. The van der Waals surface area contributed by atoms with Crippen LogP contribution in [0, 0.1) is 0 Å². The maximum atomic E-state index is 12.7. The fourth-order valence-corrected chi connectivity index (χ4v) is 2.55. The van der Waals surface area contributed by atoms with Gasteiger partial charge in [-0.3, -0.25) is 0 Å². The van der Waals surface area contributed by atoms with E-state index in [1.54, 1.807) is 18.2 Å². The van der Waals surface area contributed by atoms with Gasteiger partial charge in [0, 0.05) is 11.6 Å². The first-order chi connectivity index (χ1) is 11.8. The molecule has 0 saturated carbocycles. The van der Waals surface area contributed by atoms with Gasteiger partial charge in [-0.2, -0.15) is 23.4 Å². The molecule has 0 aliphatic rings. The number of azo groups is 1. The van der Waals surface area contributed by atoms with E-state index in [9.17, 15) is 13.2 Å². The molecule has 2 rings (SSSR count). The lowest BCUT2D eigenvalue weighted by molar-refractivity contribution is -0.137. The number of hydrogen-bond donors (Lipinski definition) is 0. The molecule has 0 amide bonds. The van der Waals surface area contributed by atoms with Crippen molar-refractivity contribution in [2.75, 3.05) is 14.2 Å². The average Bonchev–Trinajstić information content (AvgIpc) is 2.56. The number of ether oxygens (including phenoxy) is 2. The Bertz CT molecular complexity index is 772. The minimum absolute atomic E-state index is 0.0242. The van der Waals surface area contributed by atoms with Crippen LogP contribution in [-0.2, 0) is 12.7 Å². The molecule has 0 spiro atoms. The van der Waals surface area contributed by atoms with Crippen LogP contribution >= 0.6 is 23.2 Å². The second kappa shape index (κ2) is 7.93. The lowest BCUT2D eigenvalue weighted by atomic mass is 10.2. The van der Waals surface area contributed by atoms with Crippen molar-refractivity contribution in [2.24, 2.45) is 10.2 Å². The summed E-state index contributed by atoms with van der Waals surface area (Å²) < 4.78 is 48.4. The highest BCUT2D eigenvalue weighted by atomic mass is 35.5. The molecule has 0 saturated heterocycles. The molecule has 0 bridgehead atoms. The third kappa shape index (κ3) is 4.76. The van der Waals surface area contributed by atoms with Crippen molar-refractivity contribution in [3.63, 3.8) is 0 Å². The number of nitrogens with zero attached hydrogens (tertiary/aromatic N) is 2. The lowest BCUT2D eigenvalue weighted by Gasteiger charge is -2.10. The highest BCUT2D eigenvalue weighted by Crippen LogP contribution is 2.40. The normalized spacial score (nSPS) is 11.8. The first kappa shape index (κ1) is 19.3. The van der Waals surface area contributed by atoms with Crippen LogP contribution in [0.2, 0.25) is 10.0 Å². The average molecular weight is 393 g/mol. The molecule has 0 heterocycles. The van der Waals surface area contributed by atoms with Gasteiger partial charge in [-0.05, 0) is 24.3 Å². The zero-order chi connectivity index (χ0) is 18.6. The Hall–Kier alpha value is -1.99. The Morgan fingerprint density at radius 3 is 2.16 bits per heavy atom. The molecule has 4 nitrogen and oxygen atoms in total. The summed E-state index contributed by atoms with van der Waals surface area (Å²) in [7, 11) is 3.03. The molecule has 25 heavy (non-hydrogen) atoms. The predicted molar refractivity (Wildman–Crippen MR) is 89.2 cm³/mol. The largest absolute Gasteiger partial charge is 0.497 e. The molecule has 0 unspecified atom stereocenters. The monoisotopic (exact) mass is 392 g/mol. The van der Waals surface area contributed by atoms with Gasteiger partial charge in [0.1, 0.15) is 17.2 Å². The summed E-state index contributed by atoms with van der Waals surface area (Å²) in [6.45, 7) is 0.126. The third-order valence-corrected chi connectivity index (χ3v) is 3.83. The van der Waals surface area contributed by atoms with Gasteiger partial charge in [0.25, 0.3) is 0 Å². The minimum atomic E-state index is -4.54. The lowest BCUT2D eigenvalue weighted by Crippen LogP contribution is -2.04. The SMILES string of the molecule is COc1ccc(CN=Nc2c(Cl)cc(C(F)(F)F)cc2Cl)c(OC)c1. The van der Waals surface area contributed by atoms with Crippen LogP contribution in [0.5, 0.6) is 11.5 Å². The van der Waals surface area contributed by atoms with Gasteiger partial charge in [0.05, 0.1) is 36.4 Å². The third-order valence-electron chi connectivity index (χ3n) is 3.25. The number of methoxy groups -OCH3 is 2. The number of rotatable bonds is 5. The second-order valence-corrected chi connectivity index (χ2v) is 5.68. The van der Waals surface area contributed by atoms with E-state index in [1.807, 2.05) is 0 Å². The van der Waals surface area contributed by atoms with Gasteiger partial charge in [-0.25, -0.2) is 0 Å². The highest BCUT2D eigenvalue weighted by Gasteiger charge is 2.32. The van der Waals surface area contributed by atoms with Crippen molar-refractivity contribution >= 4 is 28.9 Å². The summed E-state index contributed by atoms with van der Waals surface area (Å²) in [6.07, 6.45) is -4.54. The Balaban J connectivity index is 2.23. The zero-order valence-corrected chi connectivity index (χ0v) is 14.7. The molecule has 0 aliphatic heterocycles. The van der Waals surface area contributed by atoms with E-state index in [1.165, 1.54) is 14.2 Å². The molecule has 0 aromatic heterocycles. The molecule has 134 valence electrons. The van der Waals surface area contributed by atoms with Crippen molar-refractivity contribution in [3.8, 4) is 11.5 Å². The quantitative estimate of drug-likeness (QED) is 0.559. The van der Waals surface area contributed by atoms with Crippen LogP contribution in [0.1, 0.15) is 11.1 Å². The van der Waals surface area contributed by atoms with E-state index < -0.39 is 11.7 Å². The number of alkyl halides is 3. The number of hydrogen-bond acceptors (Lipinski definition) is 4. The maximum Gasteiger partial charge on any atom is 0.416 e. The van der Waals surface area contributed by atoms with Crippen molar-refractivity contribution < 1.29 is 22.6 Å². The molecule has 0 fully saturated rings. The van der Waals surface area contributed by atoms with Crippen LogP contribution < -0.4 is 9.47 Å². The van der Waals surface area contributed by atoms with Gasteiger partial charge >= 0.3 is 6.18 Å². The maximum absolute atomic E-state index is 12.7. The number of halogens is 5. The van der Waals surface area contributed by atoms with Crippen LogP contribution in [0.4, 0.5) is 18.9 Å². The van der Waals surface area contributed by atoms with Gasteiger partial charge in [0.2, 0.25) is 0 Å². The van der Waals surface area contributed by atoms with E-state index in [0.29, 0.717) is 17.1 Å². The van der Waals surface area contributed by atoms with E-state index >= 15 is 0 Å². The molecule has 0 radical (unpaired) electrons. The zero-order valence-electron chi connectivity index (χ0n) is 13.2.